The highest BCUT2D eigenvalue weighted by molar-refractivity contribution is 6.28. The van der Waals surface area contributed by atoms with Crippen LogP contribution in [0.3, 0.4) is 0 Å². The van der Waals surface area contributed by atoms with E-state index in [1.54, 1.807) is 11.8 Å². The second-order valence-electron chi connectivity index (χ2n) is 8.11. The number of carbonyl (C=O) groups is 1. The van der Waals surface area contributed by atoms with Gasteiger partial charge in [0, 0.05) is 24.3 Å². The van der Waals surface area contributed by atoms with Crippen molar-refractivity contribution in [2.45, 2.75) is 50.9 Å². The Morgan fingerprint density at radius 2 is 1.94 bits per heavy atom. The Morgan fingerprint density at radius 3 is 2.62 bits per heavy atom. The SMILES string of the molecule is C[C@@H](Nc1nc(Cl)nc2c1CN(C(=O)C1(N)CCOCC1)C2)c1cccc(C(F)F)c1F. The van der Waals surface area contributed by atoms with Crippen LogP contribution in [0, 0.1) is 5.82 Å². The molecule has 7 nitrogen and oxygen atoms in total. The summed E-state index contributed by atoms with van der Waals surface area (Å²) in [6.45, 7) is 2.89. The van der Waals surface area contributed by atoms with Gasteiger partial charge < -0.3 is 20.7 Å². The molecule has 32 heavy (non-hydrogen) atoms. The van der Waals surface area contributed by atoms with Crippen LogP contribution >= 0.6 is 11.6 Å². The normalized spacial score (nSPS) is 18.5. The molecule has 1 fully saturated rings. The molecule has 11 heteroatoms. The minimum Gasteiger partial charge on any atom is -0.381 e. The number of halogens is 4. The van der Waals surface area contributed by atoms with Gasteiger partial charge in [0.25, 0.3) is 6.43 Å². The van der Waals surface area contributed by atoms with E-state index in [9.17, 15) is 18.0 Å². The van der Waals surface area contributed by atoms with Crippen molar-refractivity contribution in [1.29, 1.82) is 0 Å². The van der Waals surface area contributed by atoms with Crippen LogP contribution in [-0.2, 0) is 22.6 Å². The van der Waals surface area contributed by atoms with Gasteiger partial charge in [0.2, 0.25) is 11.2 Å². The van der Waals surface area contributed by atoms with Crippen molar-refractivity contribution in [1.82, 2.24) is 14.9 Å². The van der Waals surface area contributed by atoms with Gasteiger partial charge in [0.05, 0.1) is 35.9 Å². The van der Waals surface area contributed by atoms with E-state index in [0.29, 0.717) is 43.1 Å². The number of fused-ring (bicyclic) bond motifs is 1. The van der Waals surface area contributed by atoms with Crippen LogP contribution < -0.4 is 11.1 Å². The van der Waals surface area contributed by atoms with Gasteiger partial charge in [0.1, 0.15) is 11.6 Å². The summed E-state index contributed by atoms with van der Waals surface area (Å²) in [6, 6.07) is 3.17. The molecule has 0 bridgehead atoms. The Bertz CT molecular complexity index is 1030. The Kier molecular flexibility index (Phi) is 6.28. The molecule has 0 saturated carbocycles. The molecule has 0 radical (unpaired) electrons. The monoisotopic (exact) mass is 469 g/mol. The fraction of sp³-hybridized carbons (Fsp3) is 0.476. The standard InChI is InChI=1S/C21H23ClF3N5O2/c1-11(12-3-2-4-13(16(12)23)17(24)25)27-18-14-9-30(10-15(14)28-20(22)29-18)19(31)21(26)5-7-32-8-6-21/h2-4,11,17H,5-10,26H2,1H3,(H,27,28,29)/t11-/m1/s1. The largest absolute Gasteiger partial charge is 0.381 e. The Labute approximate surface area is 188 Å². The van der Waals surface area contributed by atoms with Gasteiger partial charge in [-0.2, -0.15) is 0 Å². The van der Waals surface area contributed by atoms with E-state index in [4.69, 9.17) is 22.1 Å². The Hall–Kier alpha value is -2.43. The number of ether oxygens (including phenoxy) is 1. The van der Waals surface area contributed by atoms with E-state index >= 15 is 0 Å². The van der Waals surface area contributed by atoms with Crippen LogP contribution in [0.5, 0.6) is 0 Å². The lowest BCUT2D eigenvalue weighted by atomic mass is 9.90. The maximum Gasteiger partial charge on any atom is 0.266 e. The van der Waals surface area contributed by atoms with Gasteiger partial charge in [-0.05, 0) is 31.4 Å². The van der Waals surface area contributed by atoms with Crippen LogP contribution in [0.4, 0.5) is 19.0 Å². The zero-order valence-corrected chi connectivity index (χ0v) is 18.1. The lowest BCUT2D eigenvalue weighted by Crippen LogP contribution is -2.57. The smallest absolute Gasteiger partial charge is 0.266 e. The summed E-state index contributed by atoms with van der Waals surface area (Å²) in [7, 11) is 0. The number of alkyl halides is 2. The number of anilines is 1. The highest BCUT2D eigenvalue weighted by atomic mass is 35.5. The minimum absolute atomic E-state index is 0.0388. The molecule has 1 saturated heterocycles. The van der Waals surface area contributed by atoms with Crippen molar-refractivity contribution in [3.05, 3.63) is 51.7 Å². The number of hydrogen-bond acceptors (Lipinski definition) is 6. The average Bonchev–Trinajstić information content (AvgIpc) is 3.17. The number of rotatable bonds is 5. The van der Waals surface area contributed by atoms with E-state index in [1.165, 1.54) is 12.1 Å². The third kappa shape index (κ3) is 4.26. The van der Waals surface area contributed by atoms with E-state index in [0.717, 1.165) is 6.07 Å². The van der Waals surface area contributed by atoms with E-state index < -0.39 is 29.4 Å². The third-order valence-electron chi connectivity index (χ3n) is 5.97. The van der Waals surface area contributed by atoms with Crippen molar-refractivity contribution < 1.29 is 22.7 Å². The van der Waals surface area contributed by atoms with Crippen molar-refractivity contribution in [2.24, 2.45) is 5.73 Å². The molecule has 1 aromatic carbocycles. The summed E-state index contributed by atoms with van der Waals surface area (Å²) in [5.41, 5.74) is 5.94. The molecule has 0 aliphatic carbocycles. The third-order valence-corrected chi connectivity index (χ3v) is 6.14. The molecule has 2 aromatic rings. The number of nitrogens with zero attached hydrogens (tertiary/aromatic N) is 3. The van der Waals surface area contributed by atoms with Crippen molar-refractivity contribution in [3.63, 3.8) is 0 Å². The molecule has 3 N–H and O–H groups in total. The molecule has 172 valence electrons. The predicted molar refractivity (Wildman–Crippen MR) is 112 cm³/mol. The predicted octanol–water partition coefficient (Wildman–Crippen LogP) is 3.73. The quantitative estimate of drug-likeness (QED) is 0.648. The molecular formula is C21H23ClF3N5O2. The summed E-state index contributed by atoms with van der Waals surface area (Å²) in [4.78, 5) is 23.1. The number of hydrogen-bond donors (Lipinski definition) is 2. The molecule has 4 rings (SSSR count). The molecule has 2 aliphatic rings. The molecule has 2 aliphatic heterocycles. The number of nitrogens with two attached hydrogens (primary N) is 1. The van der Waals surface area contributed by atoms with Crippen LogP contribution in [0.25, 0.3) is 0 Å². The van der Waals surface area contributed by atoms with Crippen LogP contribution in [0.15, 0.2) is 18.2 Å². The molecule has 1 amide bonds. The maximum atomic E-state index is 14.6. The number of benzene rings is 1. The second-order valence-corrected chi connectivity index (χ2v) is 8.45. The Balaban J connectivity index is 1.57. The van der Waals surface area contributed by atoms with E-state index in [1.807, 2.05) is 0 Å². The first-order valence-corrected chi connectivity index (χ1v) is 10.6. The summed E-state index contributed by atoms with van der Waals surface area (Å²) in [5, 5.41) is 3.01. The van der Waals surface area contributed by atoms with Crippen LogP contribution in [0.1, 0.15) is 54.6 Å². The van der Waals surface area contributed by atoms with Crippen molar-refractivity contribution >= 4 is 23.3 Å². The first kappa shape index (κ1) is 22.8. The highest BCUT2D eigenvalue weighted by Crippen LogP contribution is 2.34. The highest BCUT2D eigenvalue weighted by Gasteiger charge is 2.41. The van der Waals surface area contributed by atoms with Gasteiger partial charge in [-0.1, -0.05) is 18.2 Å². The zero-order valence-electron chi connectivity index (χ0n) is 17.4. The number of nitrogens with one attached hydrogen (secondary N) is 1. The second kappa shape index (κ2) is 8.84. The molecule has 1 aromatic heterocycles. The molecular weight excluding hydrogens is 447 g/mol. The van der Waals surface area contributed by atoms with E-state index in [2.05, 4.69) is 15.3 Å². The van der Waals surface area contributed by atoms with Crippen molar-refractivity contribution in [3.8, 4) is 0 Å². The van der Waals surface area contributed by atoms with Gasteiger partial charge >= 0.3 is 0 Å². The molecule has 0 unspecified atom stereocenters. The molecule has 0 spiro atoms. The number of aromatic nitrogens is 2. The number of carbonyl (C=O) groups excluding carboxylic acids is 1. The van der Waals surface area contributed by atoms with Gasteiger partial charge in [-0.3, -0.25) is 4.79 Å². The fourth-order valence-electron chi connectivity index (χ4n) is 4.11. The summed E-state index contributed by atoms with van der Waals surface area (Å²) in [6.07, 6.45) is -2.08. The summed E-state index contributed by atoms with van der Waals surface area (Å²) >= 11 is 6.08. The first-order valence-electron chi connectivity index (χ1n) is 10.2. The minimum atomic E-state index is -2.92. The van der Waals surface area contributed by atoms with Crippen LogP contribution in [-0.4, -0.2) is 39.5 Å². The summed E-state index contributed by atoms with van der Waals surface area (Å²) in [5.74, 6) is -0.854. The van der Waals surface area contributed by atoms with Crippen LogP contribution in [0.2, 0.25) is 5.28 Å². The number of amides is 1. The van der Waals surface area contributed by atoms with Gasteiger partial charge in [-0.25, -0.2) is 23.1 Å². The summed E-state index contributed by atoms with van der Waals surface area (Å²) < 4.78 is 46.1. The maximum absolute atomic E-state index is 14.6. The van der Waals surface area contributed by atoms with Crippen molar-refractivity contribution in [2.75, 3.05) is 18.5 Å². The fourth-order valence-corrected chi connectivity index (χ4v) is 4.29. The van der Waals surface area contributed by atoms with Gasteiger partial charge in [0.15, 0.2) is 0 Å². The Morgan fingerprint density at radius 1 is 1.25 bits per heavy atom. The zero-order chi connectivity index (χ0) is 23.0. The lowest BCUT2D eigenvalue weighted by Gasteiger charge is -2.35. The molecule has 3 heterocycles. The molecule has 1 atom stereocenters. The van der Waals surface area contributed by atoms with E-state index in [-0.39, 0.29) is 29.8 Å². The van der Waals surface area contributed by atoms with Gasteiger partial charge in [-0.15, -0.1) is 0 Å². The lowest BCUT2D eigenvalue weighted by molar-refractivity contribution is -0.141. The average molecular weight is 470 g/mol. The first-order chi connectivity index (χ1) is 15.2. The topological polar surface area (TPSA) is 93.4 Å².